The van der Waals surface area contributed by atoms with Crippen LogP contribution in [0, 0.1) is 13.8 Å². The van der Waals surface area contributed by atoms with Crippen molar-refractivity contribution in [2.45, 2.75) is 24.8 Å². The number of carbonyl (C=O) groups is 1. The van der Waals surface area contributed by atoms with Crippen LogP contribution in [0.15, 0.2) is 53.4 Å². The van der Waals surface area contributed by atoms with E-state index >= 15 is 0 Å². The topological polar surface area (TPSA) is 75.7 Å². The van der Waals surface area contributed by atoms with Gasteiger partial charge in [-0.25, -0.2) is 8.42 Å². The number of carbonyl (C=O) groups excluding carboxylic acids is 1. The number of hydrogen-bond donors (Lipinski definition) is 1. The summed E-state index contributed by atoms with van der Waals surface area (Å²) in [5.41, 5.74) is 2.51. The van der Waals surface area contributed by atoms with Gasteiger partial charge < -0.3 is 9.64 Å². The number of ether oxygens (including phenoxy) is 1. The summed E-state index contributed by atoms with van der Waals surface area (Å²) in [6, 6.07) is 12.9. The van der Waals surface area contributed by atoms with E-state index in [0.29, 0.717) is 31.9 Å². The molecule has 3 rings (SSSR count). The summed E-state index contributed by atoms with van der Waals surface area (Å²) >= 11 is 0. The number of rotatable bonds is 5. The Balaban J connectivity index is 1.92. The second-order valence-electron chi connectivity index (χ2n) is 6.65. The van der Waals surface area contributed by atoms with Gasteiger partial charge in [0.05, 0.1) is 18.1 Å². The molecule has 0 aliphatic carbocycles. The highest BCUT2D eigenvalue weighted by Gasteiger charge is 2.31. The molecule has 1 fully saturated rings. The second kappa shape index (κ2) is 8.21. The highest BCUT2D eigenvalue weighted by Crippen LogP contribution is 2.22. The third kappa shape index (κ3) is 4.55. The van der Waals surface area contributed by atoms with Gasteiger partial charge in [-0.3, -0.25) is 4.79 Å². The molecule has 0 spiro atoms. The SMILES string of the molecule is Cc1ccc(S(=O)(=O)N[C@H](C(=O)N2CCOCC2)c2ccccc2)cc1C. The molecule has 0 bridgehead atoms. The first-order valence-corrected chi connectivity index (χ1v) is 10.4. The maximum Gasteiger partial charge on any atom is 0.245 e. The average Bonchev–Trinajstić information content (AvgIpc) is 2.69. The maximum atomic E-state index is 13.1. The van der Waals surface area contributed by atoms with Gasteiger partial charge in [0, 0.05) is 13.1 Å². The first kappa shape index (κ1) is 19.5. The van der Waals surface area contributed by atoms with Crippen molar-refractivity contribution in [1.82, 2.24) is 9.62 Å². The van der Waals surface area contributed by atoms with Crippen LogP contribution in [0.3, 0.4) is 0 Å². The van der Waals surface area contributed by atoms with E-state index in [-0.39, 0.29) is 10.8 Å². The Hall–Kier alpha value is -2.22. The Kier molecular flexibility index (Phi) is 5.94. The molecule has 0 unspecified atom stereocenters. The molecule has 6 nitrogen and oxygen atoms in total. The van der Waals surface area contributed by atoms with Crippen LogP contribution in [0.2, 0.25) is 0 Å². The number of sulfonamides is 1. The maximum absolute atomic E-state index is 13.1. The zero-order valence-corrected chi connectivity index (χ0v) is 16.3. The zero-order chi connectivity index (χ0) is 19.4. The first-order valence-electron chi connectivity index (χ1n) is 8.89. The molecule has 1 N–H and O–H groups in total. The highest BCUT2D eigenvalue weighted by molar-refractivity contribution is 7.89. The van der Waals surface area contributed by atoms with Crippen LogP contribution in [0.5, 0.6) is 0 Å². The summed E-state index contributed by atoms with van der Waals surface area (Å²) in [5, 5.41) is 0. The van der Waals surface area contributed by atoms with Gasteiger partial charge in [0.1, 0.15) is 6.04 Å². The fraction of sp³-hybridized carbons (Fsp3) is 0.350. The first-order chi connectivity index (χ1) is 12.9. The van der Waals surface area contributed by atoms with Gasteiger partial charge in [-0.15, -0.1) is 0 Å². The Morgan fingerprint density at radius 3 is 2.33 bits per heavy atom. The van der Waals surface area contributed by atoms with Gasteiger partial charge in [0.15, 0.2) is 0 Å². The molecule has 0 radical (unpaired) electrons. The summed E-state index contributed by atoms with van der Waals surface area (Å²) in [6.07, 6.45) is 0. The summed E-state index contributed by atoms with van der Waals surface area (Å²) in [5.74, 6) is -0.267. The molecule has 0 saturated carbocycles. The van der Waals surface area contributed by atoms with Crippen molar-refractivity contribution in [3.8, 4) is 0 Å². The second-order valence-corrected chi connectivity index (χ2v) is 8.36. The molecule has 27 heavy (non-hydrogen) atoms. The van der Waals surface area contributed by atoms with Crippen LogP contribution < -0.4 is 4.72 Å². The lowest BCUT2D eigenvalue weighted by Crippen LogP contribution is -2.47. The Bertz CT molecular complexity index is 907. The molecule has 2 aromatic rings. The molecular formula is C20H24N2O4S. The molecule has 1 aliphatic rings. The number of nitrogens with one attached hydrogen (secondary N) is 1. The van der Waals surface area contributed by atoms with E-state index in [1.54, 1.807) is 47.4 Å². The Labute approximate surface area is 160 Å². The molecule has 144 valence electrons. The summed E-state index contributed by atoms with van der Waals surface area (Å²) < 4.78 is 33.8. The van der Waals surface area contributed by atoms with Crippen LogP contribution in [0.4, 0.5) is 0 Å². The van der Waals surface area contributed by atoms with E-state index in [2.05, 4.69) is 4.72 Å². The Morgan fingerprint density at radius 1 is 1.04 bits per heavy atom. The number of morpholine rings is 1. The van der Waals surface area contributed by atoms with Crippen molar-refractivity contribution >= 4 is 15.9 Å². The fourth-order valence-electron chi connectivity index (χ4n) is 2.98. The van der Waals surface area contributed by atoms with Crippen molar-refractivity contribution in [3.05, 3.63) is 65.2 Å². The predicted octanol–water partition coefficient (Wildman–Crippen LogP) is 2.18. The molecule has 1 atom stereocenters. The smallest absolute Gasteiger partial charge is 0.245 e. The molecule has 1 heterocycles. The molecule has 1 saturated heterocycles. The number of hydrogen-bond acceptors (Lipinski definition) is 4. The molecule has 1 amide bonds. The van der Waals surface area contributed by atoms with E-state index in [0.717, 1.165) is 11.1 Å². The number of benzene rings is 2. The van der Waals surface area contributed by atoms with Crippen LogP contribution in [-0.2, 0) is 19.6 Å². The summed E-state index contributed by atoms with van der Waals surface area (Å²) in [6.45, 7) is 5.60. The monoisotopic (exact) mass is 388 g/mol. The minimum atomic E-state index is -3.86. The highest BCUT2D eigenvalue weighted by atomic mass is 32.2. The minimum absolute atomic E-state index is 0.154. The van der Waals surface area contributed by atoms with Gasteiger partial charge in [0.2, 0.25) is 15.9 Å². The van der Waals surface area contributed by atoms with Gasteiger partial charge in [-0.1, -0.05) is 36.4 Å². The largest absolute Gasteiger partial charge is 0.378 e. The van der Waals surface area contributed by atoms with E-state index in [4.69, 9.17) is 4.74 Å². The fourth-order valence-corrected chi connectivity index (χ4v) is 4.24. The van der Waals surface area contributed by atoms with Gasteiger partial charge in [0.25, 0.3) is 0 Å². The third-order valence-corrected chi connectivity index (χ3v) is 6.18. The lowest BCUT2D eigenvalue weighted by Gasteiger charge is -2.30. The predicted molar refractivity (Wildman–Crippen MR) is 103 cm³/mol. The lowest BCUT2D eigenvalue weighted by molar-refractivity contribution is -0.137. The summed E-state index contributed by atoms with van der Waals surface area (Å²) in [7, 11) is -3.86. The Morgan fingerprint density at radius 2 is 1.70 bits per heavy atom. The molecular weight excluding hydrogens is 364 g/mol. The van der Waals surface area contributed by atoms with E-state index in [1.807, 2.05) is 19.9 Å². The summed E-state index contributed by atoms with van der Waals surface area (Å²) in [4.78, 5) is 14.9. The van der Waals surface area contributed by atoms with Gasteiger partial charge in [-0.05, 0) is 42.7 Å². The van der Waals surface area contributed by atoms with Crippen LogP contribution in [0.25, 0.3) is 0 Å². The van der Waals surface area contributed by atoms with E-state index in [9.17, 15) is 13.2 Å². The van der Waals surface area contributed by atoms with Crippen molar-refractivity contribution in [1.29, 1.82) is 0 Å². The zero-order valence-electron chi connectivity index (χ0n) is 15.5. The number of nitrogens with zero attached hydrogens (tertiary/aromatic N) is 1. The van der Waals surface area contributed by atoms with Crippen molar-refractivity contribution in [3.63, 3.8) is 0 Å². The standard InChI is InChI=1S/C20H24N2O4S/c1-15-8-9-18(14-16(15)2)27(24,25)21-19(17-6-4-3-5-7-17)20(23)22-10-12-26-13-11-22/h3-9,14,19,21H,10-13H2,1-2H3/t19-/m0/s1. The van der Waals surface area contributed by atoms with Crippen molar-refractivity contribution in [2.24, 2.45) is 0 Å². The van der Waals surface area contributed by atoms with Gasteiger partial charge in [-0.2, -0.15) is 4.72 Å². The van der Waals surface area contributed by atoms with Crippen molar-refractivity contribution < 1.29 is 17.9 Å². The normalized spacial score (nSPS) is 16.1. The van der Waals surface area contributed by atoms with Gasteiger partial charge >= 0.3 is 0 Å². The van der Waals surface area contributed by atoms with Crippen molar-refractivity contribution in [2.75, 3.05) is 26.3 Å². The molecule has 0 aromatic heterocycles. The van der Waals surface area contributed by atoms with Crippen LogP contribution in [0.1, 0.15) is 22.7 Å². The molecule has 1 aliphatic heterocycles. The quantitative estimate of drug-likeness (QED) is 0.852. The minimum Gasteiger partial charge on any atom is -0.378 e. The van der Waals surface area contributed by atoms with E-state index < -0.39 is 16.1 Å². The molecule has 2 aromatic carbocycles. The third-order valence-electron chi connectivity index (χ3n) is 4.76. The van der Waals surface area contributed by atoms with E-state index in [1.165, 1.54) is 0 Å². The number of aryl methyl sites for hydroxylation is 2. The molecule has 7 heteroatoms. The average molecular weight is 388 g/mol. The lowest BCUT2D eigenvalue weighted by atomic mass is 10.1. The van der Waals surface area contributed by atoms with Crippen LogP contribution >= 0.6 is 0 Å². The number of amides is 1. The van der Waals surface area contributed by atoms with Crippen LogP contribution in [-0.4, -0.2) is 45.5 Å².